The third-order valence-corrected chi connectivity index (χ3v) is 10.4. The first-order valence-electron chi connectivity index (χ1n) is 15.2. The van der Waals surface area contributed by atoms with Crippen LogP contribution in [0.3, 0.4) is 0 Å². The summed E-state index contributed by atoms with van der Waals surface area (Å²) in [5.74, 6) is -0.386. The molecule has 1 fully saturated rings. The van der Waals surface area contributed by atoms with Crippen molar-refractivity contribution in [2.24, 2.45) is 0 Å². The summed E-state index contributed by atoms with van der Waals surface area (Å²) in [5.41, 5.74) is 2.14. The zero-order valence-electron chi connectivity index (χ0n) is 26.0. The largest absolute Gasteiger partial charge is 0.492 e. The lowest BCUT2D eigenvalue weighted by molar-refractivity contribution is -0.139. The number of carbonyl (C=O) groups excluding carboxylic acids is 2. The number of hydrogen-bond acceptors (Lipinski definition) is 6. The first kappa shape index (κ1) is 33.4. The van der Waals surface area contributed by atoms with Crippen LogP contribution in [0.4, 0.5) is 5.69 Å². The van der Waals surface area contributed by atoms with E-state index in [-0.39, 0.29) is 29.1 Å². The highest BCUT2D eigenvalue weighted by molar-refractivity contribution is 7.98. The lowest BCUT2D eigenvalue weighted by Crippen LogP contribution is -2.53. The van der Waals surface area contributed by atoms with Crippen LogP contribution in [0, 0.1) is 6.92 Å². The molecule has 0 aliphatic heterocycles. The third-order valence-electron chi connectivity index (χ3n) is 7.91. The molecule has 4 rings (SSSR count). The molecule has 0 unspecified atom stereocenters. The molecular weight excluding hydrogens is 595 g/mol. The van der Waals surface area contributed by atoms with Crippen molar-refractivity contribution in [1.29, 1.82) is 0 Å². The molecule has 1 saturated carbocycles. The minimum atomic E-state index is -4.20. The van der Waals surface area contributed by atoms with Crippen LogP contribution in [-0.4, -0.2) is 56.6 Å². The van der Waals surface area contributed by atoms with Crippen LogP contribution in [-0.2, 0) is 26.2 Å². The van der Waals surface area contributed by atoms with E-state index in [2.05, 4.69) is 5.32 Å². The van der Waals surface area contributed by atoms with Crippen molar-refractivity contribution < 1.29 is 22.7 Å². The van der Waals surface area contributed by atoms with E-state index in [0.717, 1.165) is 52.4 Å². The fourth-order valence-corrected chi connectivity index (χ4v) is 7.32. The Bertz CT molecular complexity index is 1520. The predicted octanol–water partition coefficient (Wildman–Crippen LogP) is 6.18. The minimum absolute atomic E-state index is 0.0581. The fraction of sp³-hybridized carbons (Fsp3) is 0.412. The molecular formula is C34H43N3O5S2. The van der Waals surface area contributed by atoms with Crippen LogP contribution in [0.15, 0.2) is 82.6 Å². The molecule has 1 aliphatic carbocycles. The number of rotatable bonds is 13. The molecule has 3 aromatic rings. The van der Waals surface area contributed by atoms with Gasteiger partial charge < -0.3 is 15.0 Å². The van der Waals surface area contributed by atoms with Gasteiger partial charge in [0.15, 0.2) is 0 Å². The van der Waals surface area contributed by atoms with Crippen LogP contribution in [0.25, 0.3) is 0 Å². The average Bonchev–Trinajstić information content (AvgIpc) is 3.03. The van der Waals surface area contributed by atoms with E-state index in [1.807, 2.05) is 44.4 Å². The van der Waals surface area contributed by atoms with Gasteiger partial charge in [-0.3, -0.25) is 13.9 Å². The van der Waals surface area contributed by atoms with Gasteiger partial charge in [-0.1, -0.05) is 61.2 Å². The average molecular weight is 638 g/mol. The second kappa shape index (κ2) is 15.5. The highest BCUT2D eigenvalue weighted by Gasteiger charge is 2.34. The second-order valence-electron chi connectivity index (χ2n) is 11.1. The highest BCUT2D eigenvalue weighted by atomic mass is 32.2. The second-order valence-corrected chi connectivity index (χ2v) is 13.9. The Kier molecular flexibility index (Phi) is 11.7. The minimum Gasteiger partial charge on any atom is -0.492 e. The van der Waals surface area contributed by atoms with E-state index in [4.69, 9.17) is 4.74 Å². The van der Waals surface area contributed by atoms with Gasteiger partial charge in [-0.15, -0.1) is 11.8 Å². The summed E-state index contributed by atoms with van der Waals surface area (Å²) in [5, 5.41) is 3.14. The van der Waals surface area contributed by atoms with Gasteiger partial charge in [0.25, 0.3) is 10.0 Å². The number of nitrogens with one attached hydrogen (secondary N) is 1. The summed E-state index contributed by atoms with van der Waals surface area (Å²) in [7, 11) is -4.20. The summed E-state index contributed by atoms with van der Waals surface area (Å²) < 4.78 is 35.4. The number of nitrogens with zero attached hydrogens (tertiary/aromatic N) is 2. The lowest BCUT2D eigenvalue weighted by Gasteiger charge is -2.33. The normalized spacial score (nSPS) is 14.5. The molecule has 0 aromatic heterocycles. The number of amides is 2. The van der Waals surface area contributed by atoms with Crippen LogP contribution >= 0.6 is 11.8 Å². The maximum Gasteiger partial charge on any atom is 0.264 e. The molecule has 10 heteroatoms. The number of aryl methyl sites for hydroxylation is 1. The zero-order valence-corrected chi connectivity index (χ0v) is 27.6. The van der Waals surface area contributed by atoms with Crippen molar-refractivity contribution in [2.75, 3.05) is 23.7 Å². The number of anilines is 1. The van der Waals surface area contributed by atoms with E-state index in [9.17, 15) is 18.0 Å². The molecule has 8 nitrogen and oxygen atoms in total. The Morgan fingerprint density at radius 1 is 1.00 bits per heavy atom. The Labute approximate surface area is 266 Å². The van der Waals surface area contributed by atoms with Crippen LogP contribution in [0.5, 0.6) is 5.75 Å². The Balaban J connectivity index is 1.72. The number of ether oxygens (including phenoxy) is 1. The standard InChI is InChI=1S/C34H43N3O5S2/c1-5-42-32-17-10-9-16-31(32)37(44(40,41)30-20-18-29(43-4)19-21-30)24-33(38)36(23-27-13-11-12-25(2)22-27)26(3)34(39)35-28-14-7-6-8-15-28/h9-13,16-22,26,28H,5-8,14-15,23-24H2,1-4H3,(H,35,39)/t26-/m1/s1. The monoisotopic (exact) mass is 637 g/mol. The van der Waals surface area contributed by atoms with Crippen molar-refractivity contribution >= 4 is 39.3 Å². The first-order chi connectivity index (χ1) is 21.1. The van der Waals surface area contributed by atoms with Gasteiger partial charge in [0, 0.05) is 17.5 Å². The van der Waals surface area contributed by atoms with E-state index in [1.165, 1.54) is 16.7 Å². The lowest BCUT2D eigenvalue weighted by atomic mass is 9.95. The molecule has 3 aromatic carbocycles. The van der Waals surface area contributed by atoms with Crippen LogP contribution < -0.4 is 14.4 Å². The molecule has 0 bridgehead atoms. The number of sulfonamides is 1. The first-order valence-corrected chi connectivity index (χ1v) is 17.8. The van der Waals surface area contributed by atoms with Crippen molar-refractivity contribution in [3.8, 4) is 5.75 Å². The summed E-state index contributed by atoms with van der Waals surface area (Å²) in [4.78, 5) is 30.3. The number of carbonyl (C=O) groups is 2. The molecule has 2 amide bonds. The third kappa shape index (κ3) is 8.35. The summed E-state index contributed by atoms with van der Waals surface area (Å²) >= 11 is 1.51. The van der Waals surface area contributed by atoms with E-state index >= 15 is 0 Å². The fourth-order valence-electron chi connectivity index (χ4n) is 5.49. The topological polar surface area (TPSA) is 96.0 Å². The van der Waals surface area contributed by atoms with Gasteiger partial charge in [0.1, 0.15) is 18.3 Å². The summed E-state index contributed by atoms with van der Waals surface area (Å²) in [6.45, 7) is 5.46. The van der Waals surface area contributed by atoms with Gasteiger partial charge in [-0.25, -0.2) is 8.42 Å². The number of benzene rings is 3. The van der Waals surface area contributed by atoms with Crippen molar-refractivity contribution in [1.82, 2.24) is 10.2 Å². The zero-order chi connectivity index (χ0) is 31.7. The van der Waals surface area contributed by atoms with E-state index in [1.54, 1.807) is 55.5 Å². The number of thioether (sulfide) groups is 1. The molecule has 0 radical (unpaired) electrons. The van der Waals surface area contributed by atoms with Crippen molar-refractivity contribution in [3.63, 3.8) is 0 Å². The molecule has 1 atom stereocenters. The molecule has 44 heavy (non-hydrogen) atoms. The Morgan fingerprint density at radius 2 is 1.70 bits per heavy atom. The molecule has 236 valence electrons. The van der Waals surface area contributed by atoms with Crippen LogP contribution in [0.2, 0.25) is 0 Å². The quantitative estimate of drug-likeness (QED) is 0.225. The van der Waals surface area contributed by atoms with Gasteiger partial charge >= 0.3 is 0 Å². The van der Waals surface area contributed by atoms with E-state index < -0.39 is 28.5 Å². The smallest absolute Gasteiger partial charge is 0.264 e. The summed E-state index contributed by atoms with van der Waals surface area (Å²) in [6.07, 6.45) is 7.04. The highest BCUT2D eigenvalue weighted by Crippen LogP contribution is 2.33. The van der Waals surface area contributed by atoms with Crippen LogP contribution in [0.1, 0.15) is 57.1 Å². The summed E-state index contributed by atoms with van der Waals surface area (Å²) in [6, 6.07) is 20.4. The molecule has 0 saturated heterocycles. The van der Waals surface area contributed by atoms with Gasteiger partial charge in [-0.05, 0) is 81.8 Å². The maximum absolute atomic E-state index is 14.3. The Hall–Kier alpha value is -3.50. The van der Waals surface area contributed by atoms with Gasteiger partial charge in [-0.2, -0.15) is 0 Å². The SMILES string of the molecule is CCOc1ccccc1N(CC(=O)N(Cc1cccc(C)c1)[C@H](C)C(=O)NC1CCCCC1)S(=O)(=O)c1ccc(SC)cc1. The van der Waals surface area contributed by atoms with Crippen molar-refractivity contribution in [3.05, 3.63) is 83.9 Å². The Morgan fingerprint density at radius 3 is 2.36 bits per heavy atom. The number of para-hydroxylation sites is 2. The van der Waals surface area contributed by atoms with Gasteiger partial charge in [0.05, 0.1) is 17.2 Å². The van der Waals surface area contributed by atoms with E-state index in [0.29, 0.717) is 12.4 Å². The molecule has 1 N–H and O–H groups in total. The molecule has 1 aliphatic rings. The van der Waals surface area contributed by atoms with Crippen molar-refractivity contribution in [2.45, 2.75) is 81.3 Å². The molecule has 0 spiro atoms. The van der Waals surface area contributed by atoms with Gasteiger partial charge in [0.2, 0.25) is 11.8 Å². The maximum atomic E-state index is 14.3. The number of hydrogen-bond donors (Lipinski definition) is 1. The molecule has 0 heterocycles. The predicted molar refractivity (Wildman–Crippen MR) is 177 cm³/mol.